The van der Waals surface area contributed by atoms with E-state index in [2.05, 4.69) is 0 Å². The molecule has 0 aliphatic rings. The third-order valence-corrected chi connectivity index (χ3v) is 3.17. The Morgan fingerprint density at radius 2 is 1.65 bits per heavy atom. The first-order valence-corrected chi connectivity index (χ1v) is 5.99. The van der Waals surface area contributed by atoms with Crippen molar-refractivity contribution in [1.29, 1.82) is 0 Å². The number of rotatable bonds is 2. The summed E-state index contributed by atoms with van der Waals surface area (Å²) in [7, 11) is 0. The molecule has 0 saturated carbocycles. The van der Waals surface area contributed by atoms with E-state index in [1.807, 2.05) is 13.0 Å². The smallest absolute Gasteiger partial charge is 0.152 e. The number of alkyl halides is 1. The monoisotopic (exact) mass is 268 g/mol. The molecule has 0 radical (unpaired) electrons. The van der Waals surface area contributed by atoms with Crippen molar-refractivity contribution in [2.75, 3.05) is 0 Å². The fraction of sp³-hybridized carbons (Fsp3) is 0.143. The molecule has 2 aromatic carbocycles. The molecule has 17 heavy (non-hydrogen) atoms. The van der Waals surface area contributed by atoms with Crippen LogP contribution in [0.3, 0.4) is 0 Å². The maximum atomic E-state index is 14.3. The minimum atomic E-state index is -1.22. The summed E-state index contributed by atoms with van der Waals surface area (Å²) >= 11 is 11.8. The molecule has 3 heteroatoms. The first-order valence-electron chi connectivity index (χ1n) is 5.23. The summed E-state index contributed by atoms with van der Waals surface area (Å²) in [6, 6.07) is 12.0. The van der Waals surface area contributed by atoms with Gasteiger partial charge in [0.25, 0.3) is 0 Å². The Labute approximate surface area is 110 Å². The predicted octanol–water partition coefficient (Wildman–Crippen LogP) is 5.36. The molecule has 88 valence electrons. The van der Waals surface area contributed by atoms with Crippen LogP contribution in [-0.2, 0) is 0 Å². The molecule has 0 aliphatic heterocycles. The van der Waals surface area contributed by atoms with Crippen LogP contribution in [-0.4, -0.2) is 0 Å². The highest BCUT2D eigenvalue weighted by Gasteiger charge is 2.15. The predicted molar refractivity (Wildman–Crippen MR) is 70.6 cm³/mol. The van der Waals surface area contributed by atoms with Gasteiger partial charge >= 0.3 is 0 Å². The molecule has 1 unspecified atom stereocenters. The molecule has 0 aliphatic carbocycles. The Morgan fingerprint density at radius 1 is 1.00 bits per heavy atom. The van der Waals surface area contributed by atoms with Gasteiger partial charge in [-0.2, -0.15) is 0 Å². The van der Waals surface area contributed by atoms with E-state index in [4.69, 9.17) is 23.2 Å². The van der Waals surface area contributed by atoms with Gasteiger partial charge < -0.3 is 0 Å². The highest BCUT2D eigenvalue weighted by Crippen LogP contribution is 2.32. The first-order chi connectivity index (χ1) is 8.08. The normalized spacial score (nSPS) is 12.5. The second-order valence-corrected chi connectivity index (χ2v) is 4.78. The molecule has 0 spiro atoms. The minimum Gasteiger partial charge on any atom is -0.237 e. The third kappa shape index (κ3) is 2.80. The molecule has 0 bridgehead atoms. The van der Waals surface area contributed by atoms with E-state index in [1.165, 1.54) is 0 Å². The van der Waals surface area contributed by atoms with E-state index in [0.717, 1.165) is 5.56 Å². The Hall–Kier alpha value is -1.05. The van der Waals surface area contributed by atoms with Gasteiger partial charge in [0.15, 0.2) is 6.17 Å². The van der Waals surface area contributed by atoms with Crippen LogP contribution < -0.4 is 0 Å². The lowest BCUT2D eigenvalue weighted by Gasteiger charge is -2.11. The Bertz CT molecular complexity index is 520. The minimum absolute atomic E-state index is 0.451. The Morgan fingerprint density at radius 3 is 2.24 bits per heavy atom. The average molecular weight is 269 g/mol. The van der Waals surface area contributed by atoms with Crippen molar-refractivity contribution in [3.05, 3.63) is 69.2 Å². The van der Waals surface area contributed by atoms with Gasteiger partial charge in [0.1, 0.15) is 0 Å². The highest BCUT2D eigenvalue weighted by atomic mass is 35.5. The van der Waals surface area contributed by atoms with Crippen molar-refractivity contribution in [1.82, 2.24) is 0 Å². The summed E-state index contributed by atoms with van der Waals surface area (Å²) in [5, 5.41) is 1.04. The zero-order valence-corrected chi connectivity index (χ0v) is 10.8. The van der Waals surface area contributed by atoms with Crippen LogP contribution in [0.1, 0.15) is 22.9 Å². The lowest BCUT2D eigenvalue weighted by atomic mass is 10.0. The Balaban J connectivity index is 2.36. The summed E-state index contributed by atoms with van der Waals surface area (Å²) in [6.07, 6.45) is -1.22. The maximum Gasteiger partial charge on any atom is 0.152 e. The molecule has 2 aromatic rings. The van der Waals surface area contributed by atoms with Crippen molar-refractivity contribution < 1.29 is 4.39 Å². The van der Waals surface area contributed by atoms with Gasteiger partial charge in [-0.05, 0) is 36.2 Å². The molecule has 0 nitrogen and oxygen atoms in total. The second kappa shape index (κ2) is 5.07. The maximum absolute atomic E-state index is 14.3. The topological polar surface area (TPSA) is 0 Å². The third-order valence-electron chi connectivity index (χ3n) is 2.59. The van der Waals surface area contributed by atoms with E-state index in [1.54, 1.807) is 36.4 Å². The van der Waals surface area contributed by atoms with Crippen LogP contribution in [0.5, 0.6) is 0 Å². The number of halogens is 3. The zero-order chi connectivity index (χ0) is 12.4. The molecule has 0 fully saturated rings. The molecule has 0 N–H and O–H groups in total. The first kappa shape index (κ1) is 12.4. The van der Waals surface area contributed by atoms with E-state index < -0.39 is 6.17 Å². The standard InChI is InChI=1S/C14H11Cl2F/c1-9-2-7-12(13(16)8-9)14(17)10-3-5-11(15)6-4-10/h2-8,14H,1H3. The quantitative estimate of drug-likeness (QED) is 0.688. The van der Waals surface area contributed by atoms with E-state index in [0.29, 0.717) is 21.2 Å². The van der Waals surface area contributed by atoms with Crippen LogP contribution in [0, 0.1) is 6.92 Å². The largest absolute Gasteiger partial charge is 0.237 e. The van der Waals surface area contributed by atoms with Crippen molar-refractivity contribution in [2.24, 2.45) is 0 Å². The van der Waals surface area contributed by atoms with Crippen LogP contribution in [0.2, 0.25) is 10.0 Å². The molecule has 0 amide bonds. The van der Waals surface area contributed by atoms with Crippen molar-refractivity contribution in [2.45, 2.75) is 13.1 Å². The molecule has 0 aromatic heterocycles. The fourth-order valence-corrected chi connectivity index (χ4v) is 2.11. The number of hydrogen-bond donors (Lipinski definition) is 0. The number of hydrogen-bond acceptors (Lipinski definition) is 0. The van der Waals surface area contributed by atoms with E-state index >= 15 is 0 Å². The van der Waals surface area contributed by atoms with Crippen molar-refractivity contribution >= 4 is 23.2 Å². The second-order valence-electron chi connectivity index (χ2n) is 3.94. The van der Waals surface area contributed by atoms with Crippen LogP contribution >= 0.6 is 23.2 Å². The van der Waals surface area contributed by atoms with Gasteiger partial charge in [0.2, 0.25) is 0 Å². The van der Waals surface area contributed by atoms with Gasteiger partial charge in [0, 0.05) is 15.6 Å². The van der Waals surface area contributed by atoms with Gasteiger partial charge in [-0.15, -0.1) is 0 Å². The van der Waals surface area contributed by atoms with Crippen LogP contribution in [0.4, 0.5) is 4.39 Å². The van der Waals surface area contributed by atoms with Gasteiger partial charge in [0.05, 0.1) is 0 Å². The summed E-state index contributed by atoms with van der Waals surface area (Å²) in [5.41, 5.74) is 2.06. The lowest BCUT2D eigenvalue weighted by Crippen LogP contribution is -1.95. The highest BCUT2D eigenvalue weighted by molar-refractivity contribution is 6.31. The van der Waals surface area contributed by atoms with E-state index in [9.17, 15) is 4.39 Å². The van der Waals surface area contributed by atoms with Crippen molar-refractivity contribution in [3.8, 4) is 0 Å². The molecule has 0 heterocycles. The molecular weight excluding hydrogens is 258 g/mol. The molecule has 2 rings (SSSR count). The van der Waals surface area contributed by atoms with Crippen molar-refractivity contribution in [3.63, 3.8) is 0 Å². The number of benzene rings is 2. The Kier molecular flexibility index (Phi) is 3.70. The molecule has 0 saturated heterocycles. The summed E-state index contributed by atoms with van der Waals surface area (Å²) in [5.74, 6) is 0. The number of aryl methyl sites for hydroxylation is 1. The summed E-state index contributed by atoms with van der Waals surface area (Å²) in [4.78, 5) is 0. The SMILES string of the molecule is Cc1ccc(C(F)c2ccc(Cl)cc2)c(Cl)c1. The fourth-order valence-electron chi connectivity index (χ4n) is 1.65. The van der Waals surface area contributed by atoms with Gasteiger partial charge in [-0.25, -0.2) is 4.39 Å². The zero-order valence-electron chi connectivity index (χ0n) is 9.25. The van der Waals surface area contributed by atoms with Crippen LogP contribution in [0.25, 0.3) is 0 Å². The molecular formula is C14H11Cl2F. The summed E-state index contributed by atoms with van der Waals surface area (Å²) in [6.45, 7) is 1.92. The average Bonchev–Trinajstić information content (AvgIpc) is 2.29. The van der Waals surface area contributed by atoms with E-state index in [-0.39, 0.29) is 0 Å². The van der Waals surface area contributed by atoms with Crippen LogP contribution in [0.15, 0.2) is 42.5 Å². The lowest BCUT2D eigenvalue weighted by molar-refractivity contribution is 0.402. The van der Waals surface area contributed by atoms with Gasteiger partial charge in [-0.3, -0.25) is 0 Å². The van der Waals surface area contributed by atoms with Gasteiger partial charge in [-0.1, -0.05) is 47.5 Å². The molecule has 1 atom stereocenters. The summed E-state index contributed by atoms with van der Waals surface area (Å²) < 4.78 is 14.3.